The molecular weight excluding hydrogens is 258 g/mol. The average molecular weight is 270 g/mol. The summed E-state index contributed by atoms with van der Waals surface area (Å²) in [7, 11) is 1.56. The highest BCUT2D eigenvalue weighted by atomic mass is 79.9. The van der Waals surface area contributed by atoms with Crippen molar-refractivity contribution in [3.05, 3.63) is 22.2 Å². The maximum atomic E-state index is 8.96. The van der Waals surface area contributed by atoms with Crippen molar-refractivity contribution in [3.8, 4) is 17.6 Å². The van der Waals surface area contributed by atoms with E-state index in [0.29, 0.717) is 23.7 Å². The maximum absolute atomic E-state index is 8.96. The molecule has 1 aromatic carbocycles. The summed E-state index contributed by atoms with van der Waals surface area (Å²) in [6, 6.07) is 5.53. The molecule has 1 rings (SSSR count). The molecule has 0 spiro atoms. The van der Waals surface area contributed by atoms with E-state index in [0.717, 1.165) is 10.9 Å². The lowest BCUT2D eigenvalue weighted by molar-refractivity contribution is 0.313. The second-order valence-corrected chi connectivity index (χ2v) is 3.80. The minimum atomic E-state index is 0.481. The van der Waals surface area contributed by atoms with Gasteiger partial charge in [-0.05, 0) is 28.4 Å². The lowest BCUT2D eigenvalue weighted by Crippen LogP contribution is -1.99. The van der Waals surface area contributed by atoms with Crippen molar-refractivity contribution in [3.63, 3.8) is 0 Å². The number of methoxy groups -OCH3 is 1. The van der Waals surface area contributed by atoms with Gasteiger partial charge < -0.3 is 9.47 Å². The Balaban J connectivity index is 3.08. The van der Waals surface area contributed by atoms with E-state index in [4.69, 9.17) is 14.7 Å². The van der Waals surface area contributed by atoms with Gasteiger partial charge in [-0.1, -0.05) is 6.92 Å². The molecule has 0 radical (unpaired) electrons. The average Bonchev–Trinajstić information content (AvgIpc) is 2.26. The standard InChI is InChI=1S/C11H12BrNO2/c1-3-4-15-11-8(7-13)5-9(14-2)6-10(11)12/h5-6H,3-4H2,1-2H3. The number of ether oxygens (including phenoxy) is 2. The van der Waals surface area contributed by atoms with E-state index < -0.39 is 0 Å². The summed E-state index contributed by atoms with van der Waals surface area (Å²) in [6.07, 6.45) is 0.906. The Hall–Kier alpha value is -1.21. The van der Waals surface area contributed by atoms with E-state index in [1.807, 2.05) is 6.92 Å². The Labute approximate surface area is 97.7 Å². The van der Waals surface area contributed by atoms with Crippen LogP contribution in [0, 0.1) is 11.3 Å². The van der Waals surface area contributed by atoms with Gasteiger partial charge in [-0.15, -0.1) is 0 Å². The molecule has 0 saturated carbocycles. The molecule has 0 aliphatic rings. The van der Waals surface area contributed by atoms with Gasteiger partial charge in [-0.2, -0.15) is 5.26 Å². The molecule has 4 heteroatoms. The van der Waals surface area contributed by atoms with Crippen LogP contribution in [-0.4, -0.2) is 13.7 Å². The summed E-state index contributed by atoms with van der Waals surface area (Å²) in [5, 5.41) is 8.96. The molecule has 0 amide bonds. The predicted molar refractivity (Wildman–Crippen MR) is 61.2 cm³/mol. The lowest BCUT2D eigenvalue weighted by atomic mass is 10.2. The van der Waals surface area contributed by atoms with Crippen LogP contribution in [0.3, 0.4) is 0 Å². The summed E-state index contributed by atoms with van der Waals surface area (Å²) in [6.45, 7) is 2.61. The number of hydrogen-bond acceptors (Lipinski definition) is 3. The minimum Gasteiger partial charge on any atom is -0.497 e. The maximum Gasteiger partial charge on any atom is 0.151 e. The fourth-order valence-corrected chi connectivity index (χ4v) is 1.67. The van der Waals surface area contributed by atoms with Gasteiger partial charge in [0.1, 0.15) is 11.8 Å². The highest BCUT2D eigenvalue weighted by Gasteiger charge is 2.10. The van der Waals surface area contributed by atoms with Crippen LogP contribution in [0.1, 0.15) is 18.9 Å². The van der Waals surface area contributed by atoms with Crippen molar-refractivity contribution in [2.24, 2.45) is 0 Å². The van der Waals surface area contributed by atoms with Crippen molar-refractivity contribution in [2.45, 2.75) is 13.3 Å². The van der Waals surface area contributed by atoms with Gasteiger partial charge in [0.15, 0.2) is 5.75 Å². The van der Waals surface area contributed by atoms with Crippen LogP contribution in [0.25, 0.3) is 0 Å². The number of nitriles is 1. The van der Waals surface area contributed by atoms with Crippen molar-refractivity contribution < 1.29 is 9.47 Å². The molecule has 0 heterocycles. The zero-order valence-corrected chi connectivity index (χ0v) is 10.3. The first-order chi connectivity index (χ1) is 7.22. The Morgan fingerprint density at radius 1 is 1.47 bits per heavy atom. The molecule has 0 saturated heterocycles. The van der Waals surface area contributed by atoms with Crippen LogP contribution in [-0.2, 0) is 0 Å². The van der Waals surface area contributed by atoms with E-state index in [-0.39, 0.29) is 0 Å². The largest absolute Gasteiger partial charge is 0.497 e. The van der Waals surface area contributed by atoms with Gasteiger partial charge in [0.05, 0.1) is 23.8 Å². The number of rotatable bonds is 4. The quantitative estimate of drug-likeness (QED) is 0.844. The van der Waals surface area contributed by atoms with Crippen LogP contribution < -0.4 is 9.47 Å². The monoisotopic (exact) mass is 269 g/mol. The molecule has 0 fully saturated rings. The van der Waals surface area contributed by atoms with Gasteiger partial charge >= 0.3 is 0 Å². The van der Waals surface area contributed by atoms with E-state index in [2.05, 4.69) is 22.0 Å². The van der Waals surface area contributed by atoms with Crippen molar-refractivity contribution >= 4 is 15.9 Å². The molecule has 0 aromatic heterocycles. The van der Waals surface area contributed by atoms with E-state index >= 15 is 0 Å². The third-order valence-corrected chi connectivity index (χ3v) is 2.41. The fraction of sp³-hybridized carbons (Fsp3) is 0.364. The van der Waals surface area contributed by atoms with E-state index in [9.17, 15) is 0 Å². The Kier molecular flexibility index (Phi) is 4.44. The third kappa shape index (κ3) is 2.87. The molecule has 0 atom stereocenters. The highest BCUT2D eigenvalue weighted by Crippen LogP contribution is 2.33. The number of benzene rings is 1. The molecule has 15 heavy (non-hydrogen) atoms. The molecule has 1 aromatic rings. The minimum absolute atomic E-state index is 0.481. The van der Waals surface area contributed by atoms with Crippen LogP contribution in [0.5, 0.6) is 11.5 Å². The van der Waals surface area contributed by atoms with Crippen LogP contribution >= 0.6 is 15.9 Å². The third-order valence-electron chi connectivity index (χ3n) is 1.82. The van der Waals surface area contributed by atoms with Crippen molar-refractivity contribution in [2.75, 3.05) is 13.7 Å². The SMILES string of the molecule is CCCOc1c(Br)cc(OC)cc1C#N. The molecular formula is C11H12BrNO2. The Morgan fingerprint density at radius 3 is 2.73 bits per heavy atom. The number of hydrogen-bond donors (Lipinski definition) is 0. The topological polar surface area (TPSA) is 42.2 Å². The second-order valence-electron chi connectivity index (χ2n) is 2.95. The second kappa shape index (κ2) is 5.62. The number of nitrogens with zero attached hydrogens (tertiary/aromatic N) is 1. The molecule has 0 N–H and O–H groups in total. The molecule has 0 unspecified atom stereocenters. The van der Waals surface area contributed by atoms with Gasteiger partial charge in [0.25, 0.3) is 0 Å². The van der Waals surface area contributed by atoms with Gasteiger partial charge in [0, 0.05) is 6.07 Å². The van der Waals surface area contributed by atoms with Crippen LogP contribution in [0.2, 0.25) is 0 Å². The molecule has 80 valence electrons. The highest BCUT2D eigenvalue weighted by molar-refractivity contribution is 9.10. The van der Waals surface area contributed by atoms with Crippen molar-refractivity contribution in [1.82, 2.24) is 0 Å². The zero-order chi connectivity index (χ0) is 11.3. The summed E-state index contributed by atoms with van der Waals surface area (Å²) >= 11 is 3.35. The summed E-state index contributed by atoms with van der Waals surface area (Å²) in [4.78, 5) is 0. The summed E-state index contributed by atoms with van der Waals surface area (Å²) in [5.41, 5.74) is 0.481. The first kappa shape index (κ1) is 11.9. The van der Waals surface area contributed by atoms with Crippen LogP contribution in [0.15, 0.2) is 16.6 Å². The van der Waals surface area contributed by atoms with E-state index in [1.54, 1.807) is 19.2 Å². The molecule has 0 bridgehead atoms. The summed E-state index contributed by atoms with van der Waals surface area (Å²) in [5.74, 6) is 1.22. The smallest absolute Gasteiger partial charge is 0.151 e. The summed E-state index contributed by atoms with van der Waals surface area (Å²) < 4.78 is 11.3. The van der Waals surface area contributed by atoms with Gasteiger partial charge in [0.2, 0.25) is 0 Å². The Morgan fingerprint density at radius 2 is 2.20 bits per heavy atom. The predicted octanol–water partition coefficient (Wildman–Crippen LogP) is 3.12. The van der Waals surface area contributed by atoms with Crippen LogP contribution in [0.4, 0.5) is 0 Å². The molecule has 0 aliphatic carbocycles. The van der Waals surface area contributed by atoms with Crippen molar-refractivity contribution in [1.29, 1.82) is 5.26 Å². The molecule has 0 aliphatic heterocycles. The Bertz CT molecular complexity index is 385. The number of halogens is 1. The molecule has 3 nitrogen and oxygen atoms in total. The lowest BCUT2D eigenvalue weighted by Gasteiger charge is -2.10. The first-order valence-electron chi connectivity index (χ1n) is 4.63. The van der Waals surface area contributed by atoms with Gasteiger partial charge in [-0.3, -0.25) is 0 Å². The fourth-order valence-electron chi connectivity index (χ4n) is 1.12. The van der Waals surface area contributed by atoms with E-state index in [1.165, 1.54) is 0 Å². The van der Waals surface area contributed by atoms with Gasteiger partial charge in [-0.25, -0.2) is 0 Å². The normalized spacial score (nSPS) is 9.47. The zero-order valence-electron chi connectivity index (χ0n) is 8.71. The first-order valence-corrected chi connectivity index (χ1v) is 5.42.